The first-order chi connectivity index (χ1) is 21.4. The van der Waals surface area contributed by atoms with Crippen LogP contribution in [0, 0.1) is 11.8 Å². The van der Waals surface area contributed by atoms with Crippen LogP contribution in [0.25, 0.3) is 0 Å². The molecule has 4 fully saturated rings. The number of hydrogen-bond donors (Lipinski definition) is 1. The summed E-state index contributed by atoms with van der Waals surface area (Å²) in [5.74, 6) is -1.74. The number of para-hydroxylation sites is 1. The Kier molecular flexibility index (Phi) is 10.3. The summed E-state index contributed by atoms with van der Waals surface area (Å²) in [7, 11) is 0. The van der Waals surface area contributed by atoms with E-state index >= 15 is 0 Å². The molecule has 2 unspecified atom stereocenters. The van der Waals surface area contributed by atoms with Crippen LogP contribution < -0.4 is 4.90 Å². The van der Waals surface area contributed by atoms with Crippen LogP contribution in [-0.2, 0) is 19.1 Å². The highest BCUT2D eigenvalue weighted by Crippen LogP contribution is 2.65. The largest absolute Gasteiger partial charge is 0.396 e. The fraction of sp³-hybridized carbons (Fsp3) is 0.639. The van der Waals surface area contributed by atoms with Crippen LogP contribution in [0.3, 0.4) is 0 Å². The summed E-state index contributed by atoms with van der Waals surface area (Å²) in [6, 6.07) is 8.88. The van der Waals surface area contributed by atoms with Gasteiger partial charge in [-0.05, 0) is 57.1 Å². The zero-order valence-corrected chi connectivity index (χ0v) is 26.5. The predicted octanol–water partition coefficient (Wildman–Crippen LogP) is 5.26. The first-order valence-electron chi connectivity index (χ1n) is 16.9. The maximum Gasteiger partial charge on any atom is 0.248 e. The number of fused-ring (bicyclic) bond motifs is 1. The normalized spacial score (nSPS) is 29.5. The molecular formula is C36H51N3O5. The van der Waals surface area contributed by atoms with Gasteiger partial charge in [0.1, 0.15) is 11.6 Å². The Morgan fingerprint density at radius 1 is 1.00 bits per heavy atom. The van der Waals surface area contributed by atoms with Crippen molar-refractivity contribution in [3.8, 4) is 0 Å². The zero-order chi connectivity index (χ0) is 31.3. The van der Waals surface area contributed by atoms with Crippen molar-refractivity contribution in [1.29, 1.82) is 0 Å². The number of benzene rings is 1. The van der Waals surface area contributed by atoms with Gasteiger partial charge in [0.05, 0.1) is 17.4 Å². The maximum absolute atomic E-state index is 14.8. The molecule has 8 nitrogen and oxygen atoms in total. The van der Waals surface area contributed by atoms with Crippen LogP contribution in [-0.4, -0.2) is 82.2 Å². The summed E-state index contributed by atoms with van der Waals surface area (Å²) in [5, 5.41) is 9.26. The molecule has 3 amide bonds. The lowest BCUT2D eigenvalue weighted by Gasteiger charge is -2.41. The van der Waals surface area contributed by atoms with Crippen molar-refractivity contribution >= 4 is 23.4 Å². The van der Waals surface area contributed by atoms with Crippen LogP contribution in [0.15, 0.2) is 55.6 Å². The molecule has 5 rings (SSSR count). The molecule has 2 bridgehead atoms. The molecule has 0 radical (unpaired) electrons. The van der Waals surface area contributed by atoms with Crippen molar-refractivity contribution in [2.45, 2.75) is 107 Å². The lowest BCUT2D eigenvalue weighted by Crippen LogP contribution is -2.58. The number of anilines is 1. The highest BCUT2D eigenvalue weighted by Gasteiger charge is 2.79. The first kappa shape index (κ1) is 32.4. The van der Waals surface area contributed by atoms with Crippen molar-refractivity contribution in [2.24, 2.45) is 11.8 Å². The third-order valence-electron chi connectivity index (χ3n) is 10.8. The number of carbonyl (C=O) groups excluding carboxylic acids is 3. The van der Waals surface area contributed by atoms with Crippen molar-refractivity contribution in [1.82, 2.24) is 9.80 Å². The van der Waals surface area contributed by atoms with Gasteiger partial charge in [-0.1, -0.05) is 69.4 Å². The summed E-state index contributed by atoms with van der Waals surface area (Å²) in [6.07, 6.45) is 13.7. The molecular weight excluding hydrogens is 554 g/mol. The number of rotatable bonds is 15. The van der Waals surface area contributed by atoms with Crippen molar-refractivity contribution in [3.05, 3.63) is 55.6 Å². The van der Waals surface area contributed by atoms with E-state index < -0.39 is 29.1 Å². The second kappa shape index (κ2) is 14.0. The standard InChI is InChI=1S/C36H51N3O5/c1-4-23-37(27-17-11-9-12-18-27)32(41)29-30-33(42)39(25-15-7-8-16-26-40)31(36(30)22-21-35(29,6-3)44-36)34(43)38(24-5-2)28-19-13-10-14-20-28/h4-5,9,11-12,17-18,28-31,40H,1-2,6-8,10,13-16,19-26H2,3H3/t29-,30-,31?,35+,36?/m0/s1. The Morgan fingerprint density at radius 3 is 2.36 bits per heavy atom. The molecule has 0 aromatic heterocycles. The van der Waals surface area contributed by atoms with Crippen LogP contribution in [0.2, 0.25) is 0 Å². The molecule has 3 saturated heterocycles. The highest BCUT2D eigenvalue weighted by molar-refractivity contribution is 6.03. The number of ether oxygens (including phenoxy) is 1. The lowest BCUT2D eigenvalue weighted by atomic mass is 9.64. The average Bonchev–Trinajstić information content (AvgIpc) is 3.66. The number of unbranched alkanes of at least 4 members (excludes halogenated alkanes) is 3. The van der Waals surface area contributed by atoms with E-state index in [0.29, 0.717) is 38.9 Å². The monoisotopic (exact) mass is 605 g/mol. The van der Waals surface area contributed by atoms with Crippen molar-refractivity contribution < 1.29 is 24.2 Å². The molecule has 8 heteroatoms. The molecule has 4 aliphatic rings. The maximum atomic E-state index is 14.8. The van der Waals surface area contributed by atoms with Gasteiger partial charge in [0, 0.05) is 38.0 Å². The van der Waals surface area contributed by atoms with E-state index in [4.69, 9.17) is 4.74 Å². The predicted molar refractivity (Wildman–Crippen MR) is 172 cm³/mol. The van der Waals surface area contributed by atoms with Crippen molar-refractivity contribution in [2.75, 3.05) is 31.1 Å². The molecule has 1 spiro atoms. The molecule has 1 aromatic rings. The van der Waals surface area contributed by atoms with Gasteiger partial charge in [-0.2, -0.15) is 0 Å². The van der Waals surface area contributed by atoms with Gasteiger partial charge < -0.3 is 24.5 Å². The fourth-order valence-electron chi connectivity index (χ4n) is 8.70. The molecule has 3 aliphatic heterocycles. The van der Waals surface area contributed by atoms with Gasteiger partial charge in [0.15, 0.2) is 0 Å². The minimum absolute atomic E-state index is 0.0611. The minimum atomic E-state index is -1.04. The van der Waals surface area contributed by atoms with Gasteiger partial charge in [0.2, 0.25) is 17.7 Å². The summed E-state index contributed by atoms with van der Waals surface area (Å²) in [5.41, 5.74) is -1.08. The molecule has 1 aliphatic carbocycles. The quantitative estimate of drug-likeness (QED) is 0.218. The summed E-state index contributed by atoms with van der Waals surface area (Å²) in [4.78, 5) is 49.6. The van der Waals surface area contributed by atoms with Crippen molar-refractivity contribution in [3.63, 3.8) is 0 Å². The number of likely N-dealkylation sites (tertiary alicyclic amines) is 1. The number of carbonyl (C=O) groups is 3. The molecule has 5 atom stereocenters. The van der Waals surface area contributed by atoms with E-state index in [1.54, 1.807) is 22.0 Å². The number of aliphatic hydroxyl groups excluding tert-OH is 1. The number of aliphatic hydroxyl groups is 1. The van der Waals surface area contributed by atoms with E-state index in [0.717, 1.165) is 57.1 Å². The van der Waals surface area contributed by atoms with Gasteiger partial charge >= 0.3 is 0 Å². The van der Waals surface area contributed by atoms with E-state index in [1.807, 2.05) is 42.2 Å². The Hall–Kier alpha value is -2.97. The number of hydrogen-bond acceptors (Lipinski definition) is 5. The first-order valence-corrected chi connectivity index (χ1v) is 16.9. The second-order valence-corrected chi connectivity index (χ2v) is 13.1. The average molecular weight is 606 g/mol. The Labute approximate surface area is 263 Å². The fourth-order valence-corrected chi connectivity index (χ4v) is 8.70. The second-order valence-electron chi connectivity index (χ2n) is 13.1. The van der Waals surface area contributed by atoms with E-state index in [2.05, 4.69) is 13.2 Å². The smallest absolute Gasteiger partial charge is 0.248 e. The Balaban J connectivity index is 1.54. The Bertz CT molecular complexity index is 1200. The van der Waals surface area contributed by atoms with Crippen LogP contribution in [0.1, 0.15) is 84.0 Å². The highest BCUT2D eigenvalue weighted by atomic mass is 16.5. The molecule has 240 valence electrons. The topological polar surface area (TPSA) is 90.4 Å². The molecule has 3 heterocycles. The van der Waals surface area contributed by atoms with Crippen LogP contribution in [0.5, 0.6) is 0 Å². The van der Waals surface area contributed by atoms with Crippen LogP contribution in [0.4, 0.5) is 5.69 Å². The van der Waals surface area contributed by atoms with E-state index in [1.165, 1.54) is 6.42 Å². The molecule has 1 aromatic carbocycles. The molecule has 1 saturated carbocycles. The van der Waals surface area contributed by atoms with Gasteiger partial charge in [0.25, 0.3) is 0 Å². The third-order valence-corrected chi connectivity index (χ3v) is 10.8. The summed E-state index contributed by atoms with van der Waals surface area (Å²) < 4.78 is 7.07. The minimum Gasteiger partial charge on any atom is -0.396 e. The lowest BCUT2D eigenvalue weighted by molar-refractivity contribution is -0.154. The number of amides is 3. The number of nitrogens with zero attached hydrogens (tertiary/aromatic N) is 3. The summed E-state index contributed by atoms with van der Waals surface area (Å²) >= 11 is 0. The van der Waals surface area contributed by atoms with Gasteiger partial charge in [-0.25, -0.2) is 0 Å². The van der Waals surface area contributed by atoms with E-state index in [9.17, 15) is 19.5 Å². The Morgan fingerprint density at radius 2 is 1.70 bits per heavy atom. The third kappa shape index (κ3) is 5.64. The van der Waals surface area contributed by atoms with Gasteiger partial charge in [-0.3, -0.25) is 14.4 Å². The van der Waals surface area contributed by atoms with Crippen LogP contribution >= 0.6 is 0 Å². The zero-order valence-electron chi connectivity index (χ0n) is 26.5. The molecule has 1 N–H and O–H groups in total. The van der Waals surface area contributed by atoms with Gasteiger partial charge in [-0.15, -0.1) is 13.2 Å². The summed E-state index contributed by atoms with van der Waals surface area (Å²) in [6.45, 7) is 11.2. The van der Waals surface area contributed by atoms with E-state index in [-0.39, 0.29) is 30.4 Å². The SMILES string of the molecule is C=CCN(C(=O)[C@@H]1[C@H]2C(=O)N(CCCCCCO)C(C(=O)N(CC=C)C3CCCCC3)C23CC[C@@]1(CC)O3)c1ccccc1. The molecule has 44 heavy (non-hydrogen) atoms.